The molecular formula is C8H10F2N2. The zero-order chi connectivity index (χ0) is 9.14. The molecule has 2 N–H and O–H groups in total. The van der Waals surface area contributed by atoms with Crippen LogP contribution in [0.3, 0.4) is 0 Å². The molecule has 0 aliphatic carbocycles. The van der Waals surface area contributed by atoms with Gasteiger partial charge in [0.1, 0.15) is 5.69 Å². The number of nitrogens with two attached hydrogens (primary N) is 1. The van der Waals surface area contributed by atoms with Gasteiger partial charge in [-0.25, -0.2) is 8.78 Å². The van der Waals surface area contributed by atoms with Crippen LogP contribution in [0.4, 0.5) is 8.78 Å². The number of rotatable bonds is 2. The van der Waals surface area contributed by atoms with Crippen LogP contribution >= 0.6 is 0 Å². The first-order valence-corrected chi connectivity index (χ1v) is 3.62. The third kappa shape index (κ3) is 1.98. The van der Waals surface area contributed by atoms with Gasteiger partial charge in [0, 0.05) is 6.04 Å². The Kier molecular flexibility index (Phi) is 2.70. The van der Waals surface area contributed by atoms with Crippen molar-refractivity contribution in [2.45, 2.75) is 19.4 Å². The molecule has 2 nitrogen and oxygen atoms in total. The molecule has 0 spiro atoms. The van der Waals surface area contributed by atoms with E-state index in [-0.39, 0.29) is 11.7 Å². The second kappa shape index (κ2) is 3.58. The van der Waals surface area contributed by atoms with Crippen molar-refractivity contribution in [3.63, 3.8) is 0 Å². The summed E-state index contributed by atoms with van der Waals surface area (Å²) in [5, 5.41) is 0. The van der Waals surface area contributed by atoms with Crippen LogP contribution in [0, 0.1) is 0 Å². The summed E-state index contributed by atoms with van der Waals surface area (Å²) >= 11 is 0. The van der Waals surface area contributed by atoms with E-state index in [1.807, 2.05) is 0 Å². The lowest BCUT2D eigenvalue weighted by Gasteiger charge is -2.05. The van der Waals surface area contributed by atoms with Crippen LogP contribution in [0.25, 0.3) is 0 Å². The average molecular weight is 172 g/mol. The van der Waals surface area contributed by atoms with Crippen molar-refractivity contribution in [3.8, 4) is 0 Å². The summed E-state index contributed by atoms with van der Waals surface area (Å²) in [6.07, 6.45) is -2.52. The maximum absolute atomic E-state index is 12.1. The first kappa shape index (κ1) is 9.06. The number of nitrogens with zero attached hydrogens (tertiary/aromatic N) is 1. The van der Waals surface area contributed by atoms with Gasteiger partial charge in [-0.05, 0) is 19.1 Å². The molecule has 1 aromatic rings. The topological polar surface area (TPSA) is 38.9 Å². The number of aromatic nitrogens is 1. The molecule has 12 heavy (non-hydrogen) atoms. The standard InChI is InChI=1S/C8H10F2N2/c1-5(11)6-3-2-4-7(12-6)8(9)10/h2-5,8H,11H2,1H3. The van der Waals surface area contributed by atoms with E-state index in [1.54, 1.807) is 13.0 Å². The monoisotopic (exact) mass is 172 g/mol. The fourth-order valence-electron chi connectivity index (χ4n) is 0.844. The van der Waals surface area contributed by atoms with Crippen LogP contribution < -0.4 is 5.73 Å². The Balaban J connectivity index is 2.96. The highest BCUT2D eigenvalue weighted by atomic mass is 19.3. The van der Waals surface area contributed by atoms with Crippen LogP contribution in [0.2, 0.25) is 0 Å². The highest BCUT2D eigenvalue weighted by molar-refractivity contribution is 5.14. The molecule has 1 rings (SSSR count). The molecule has 66 valence electrons. The molecule has 0 aliphatic rings. The van der Waals surface area contributed by atoms with Gasteiger partial charge in [-0.1, -0.05) is 6.07 Å². The van der Waals surface area contributed by atoms with E-state index in [9.17, 15) is 8.78 Å². The maximum Gasteiger partial charge on any atom is 0.280 e. The Morgan fingerprint density at radius 1 is 1.33 bits per heavy atom. The molecule has 0 fully saturated rings. The van der Waals surface area contributed by atoms with E-state index in [2.05, 4.69) is 4.98 Å². The number of pyridine rings is 1. The lowest BCUT2D eigenvalue weighted by atomic mass is 10.2. The van der Waals surface area contributed by atoms with Gasteiger partial charge in [0.25, 0.3) is 6.43 Å². The van der Waals surface area contributed by atoms with Gasteiger partial charge in [0.15, 0.2) is 0 Å². The number of hydrogen-bond donors (Lipinski definition) is 1. The van der Waals surface area contributed by atoms with E-state index in [4.69, 9.17) is 5.73 Å². The second-order valence-corrected chi connectivity index (χ2v) is 2.58. The van der Waals surface area contributed by atoms with Crippen LogP contribution in [0.15, 0.2) is 18.2 Å². The number of alkyl halides is 2. The largest absolute Gasteiger partial charge is 0.323 e. The van der Waals surface area contributed by atoms with Gasteiger partial charge < -0.3 is 5.73 Å². The van der Waals surface area contributed by atoms with Crippen molar-refractivity contribution >= 4 is 0 Å². The highest BCUT2D eigenvalue weighted by Gasteiger charge is 2.09. The minimum absolute atomic E-state index is 0.218. The summed E-state index contributed by atoms with van der Waals surface area (Å²) in [5.74, 6) is 0. The normalized spacial score (nSPS) is 13.4. The minimum Gasteiger partial charge on any atom is -0.323 e. The highest BCUT2D eigenvalue weighted by Crippen LogP contribution is 2.17. The predicted molar refractivity (Wildman–Crippen MR) is 41.8 cm³/mol. The molecule has 4 heteroatoms. The van der Waals surface area contributed by atoms with Crippen LogP contribution in [-0.2, 0) is 0 Å². The summed E-state index contributed by atoms with van der Waals surface area (Å²) in [6, 6.07) is 4.16. The summed E-state index contributed by atoms with van der Waals surface area (Å²) in [6.45, 7) is 1.71. The Bertz CT molecular complexity index is 238. The van der Waals surface area contributed by atoms with Crippen molar-refractivity contribution in [2.24, 2.45) is 5.73 Å². The summed E-state index contributed by atoms with van der Waals surface area (Å²) in [7, 11) is 0. The van der Waals surface area contributed by atoms with Gasteiger partial charge >= 0.3 is 0 Å². The molecular weight excluding hydrogens is 162 g/mol. The van der Waals surface area contributed by atoms with E-state index in [0.717, 1.165) is 0 Å². The van der Waals surface area contributed by atoms with Crippen LogP contribution in [0.5, 0.6) is 0 Å². The average Bonchev–Trinajstić information content (AvgIpc) is 2.04. The van der Waals surface area contributed by atoms with Crippen molar-refractivity contribution in [1.29, 1.82) is 0 Å². The smallest absolute Gasteiger partial charge is 0.280 e. The van der Waals surface area contributed by atoms with Crippen molar-refractivity contribution in [3.05, 3.63) is 29.6 Å². The fraction of sp³-hybridized carbons (Fsp3) is 0.375. The van der Waals surface area contributed by atoms with Crippen molar-refractivity contribution < 1.29 is 8.78 Å². The molecule has 0 amide bonds. The van der Waals surface area contributed by atoms with Gasteiger partial charge in [-0.3, -0.25) is 4.98 Å². The molecule has 0 bridgehead atoms. The Labute approximate surface area is 69.4 Å². The molecule has 0 radical (unpaired) electrons. The van der Waals surface area contributed by atoms with Gasteiger partial charge in [0.05, 0.1) is 5.69 Å². The molecule has 1 atom stereocenters. The zero-order valence-electron chi connectivity index (χ0n) is 6.67. The SMILES string of the molecule is CC(N)c1cccc(C(F)F)n1. The van der Waals surface area contributed by atoms with Gasteiger partial charge in [-0.15, -0.1) is 0 Å². The molecule has 1 aromatic heterocycles. The molecule has 1 heterocycles. The Hall–Kier alpha value is -1.03. The van der Waals surface area contributed by atoms with Crippen molar-refractivity contribution in [1.82, 2.24) is 4.98 Å². The quantitative estimate of drug-likeness (QED) is 0.741. The Morgan fingerprint density at radius 3 is 2.42 bits per heavy atom. The number of halogens is 2. The van der Waals surface area contributed by atoms with Gasteiger partial charge in [0.2, 0.25) is 0 Å². The summed E-state index contributed by atoms with van der Waals surface area (Å²) in [5.41, 5.74) is 5.75. The number of hydrogen-bond acceptors (Lipinski definition) is 2. The fourth-order valence-corrected chi connectivity index (χ4v) is 0.844. The summed E-state index contributed by atoms with van der Waals surface area (Å²) in [4.78, 5) is 3.70. The van der Waals surface area contributed by atoms with E-state index in [1.165, 1.54) is 12.1 Å². The molecule has 1 unspecified atom stereocenters. The predicted octanol–water partition coefficient (Wildman–Crippen LogP) is 2.04. The van der Waals surface area contributed by atoms with Crippen LogP contribution in [-0.4, -0.2) is 4.98 Å². The summed E-state index contributed by atoms with van der Waals surface area (Å²) < 4.78 is 24.2. The lowest BCUT2D eigenvalue weighted by Crippen LogP contribution is -2.08. The lowest BCUT2D eigenvalue weighted by molar-refractivity contribution is 0.145. The minimum atomic E-state index is -2.52. The molecule has 0 aromatic carbocycles. The Morgan fingerprint density at radius 2 is 1.92 bits per heavy atom. The van der Waals surface area contributed by atoms with E-state index < -0.39 is 6.43 Å². The van der Waals surface area contributed by atoms with Crippen molar-refractivity contribution in [2.75, 3.05) is 0 Å². The van der Waals surface area contributed by atoms with E-state index >= 15 is 0 Å². The first-order chi connectivity index (χ1) is 5.61. The zero-order valence-corrected chi connectivity index (χ0v) is 6.67. The van der Waals surface area contributed by atoms with Gasteiger partial charge in [-0.2, -0.15) is 0 Å². The maximum atomic E-state index is 12.1. The third-order valence-electron chi connectivity index (χ3n) is 1.48. The third-order valence-corrected chi connectivity index (χ3v) is 1.48. The molecule has 0 saturated carbocycles. The van der Waals surface area contributed by atoms with Crippen LogP contribution in [0.1, 0.15) is 30.8 Å². The first-order valence-electron chi connectivity index (χ1n) is 3.62. The molecule has 0 aliphatic heterocycles. The second-order valence-electron chi connectivity index (χ2n) is 2.58. The van der Waals surface area contributed by atoms with E-state index in [0.29, 0.717) is 5.69 Å². The molecule has 0 saturated heterocycles.